The fourth-order valence-corrected chi connectivity index (χ4v) is 6.98. The molecule has 0 spiro atoms. The number of hydrogen-bond acceptors (Lipinski definition) is 6. The van der Waals surface area contributed by atoms with Gasteiger partial charge < -0.3 is 9.64 Å². The molecule has 0 saturated carbocycles. The van der Waals surface area contributed by atoms with Gasteiger partial charge in [-0.3, -0.25) is 4.55 Å². The quantitative estimate of drug-likeness (QED) is 0.268. The van der Waals surface area contributed by atoms with Gasteiger partial charge in [-0.05, 0) is 55.7 Å². The van der Waals surface area contributed by atoms with E-state index in [0.29, 0.717) is 13.0 Å². The number of hydrogen-bond donors (Lipinski definition) is 1. The van der Waals surface area contributed by atoms with E-state index in [0.717, 1.165) is 45.2 Å². The Kier molecular flexibility index (Phi) is 7.90. The third-order valence-electron chi connectivity index (χ3n) is 5.95. The number of ether oxygens (including phenoxy) is 1. The molecule has 35 heavy (non-hydrogen) atoms. The maximum absolute atomic E-state index is 11.3. The van der Waals surface area contributed by atoms with Crippen LogP contribution in [0.4, 0.5) is 5.69 Å². The van der Waals surface area contributed by atoms with Crippen molar-refractivity contribution in [2.75, 3.05) is 24.3 Å². The molecule has 1 aliphatic heterocycles. The fourth-order valence-electron chi connectivity index (χ4n) is 4.16. The minimum Gasteiger partial charge on any atom is -0.497 e. The molecule has 186 valence electrons. The fraction of sp³-hybridized carbons (Fsp3) is 0.346. The van der Waals surface area contributed by atoms with Crippen LogP contribution in [0.15, 0.2) is 58.0 Å². The van der Waals surface area contributed by atoms with Gasteiger partial charge in [0.15, 0.2) is 6.54 Å². The Morgan fingerprint density at radius 1 is 1.20 bits per heavy atom. The van der Waals surface area contributed by atoms with Gasteiger partial charge in [-0.25, -0.2) is 0 Å². The van der Waals surface area contributed by atoms with E-state index in [2.05, 4.69) is 72.7 Å². The molecular weight excluding hydrogens is 500 g/mol. The summed E-state index contributed by atoms with van der Waals surface area (Å²) in [5.41, 5.74) is 4.60. The number of thioether (sulfide) groups is 1. The Labute approximate surface area is 215 Å². The predicted molar refractivity (Wildman–Crippen MR) is 146 cm³/mol. The average molecular weight is 532 g/mol. The van der Waals surface area contributed by atoms with Crippen LogP contribution in [-0.4, -0.2) is 32.4 Å². The van der Waals surface area contributed by atoms with Crippen molar-refractivity contribution in [2.45, 2.75) is 45.1 Å². The highest BCUT2D eigenvalue weighted by Gasteiger charge is 2.25. The van der Waals surface area contributed by atoms with E-state index >= 15 is 0 Å². The normalized spacial score (nSPS) is 15.3. The zero-order valence-corrected chi connectivity index (χ0v) is 22.9. The topological polar surface area (TPSA) is 70.7 Å². The van der Waals surface area contributed by atoms with E-state index in [4.69, 9.17) is 4.74 Å². The van der Waals surface area contributed by atoms with Crippen LogP contribution in [0.25, 0.3) is 16.3 Å². The van der Waals surface area contributed by atoms with Crippen molar-refractivity contribution in [3.63, 3.8) is 0 Å². The number of methoxy groups -OCH3 is 1. The first-order valence-corrected chi connectivity index (χ1v) is 14.9. The highest BCUT2D eigenvalue weighted by atomic mass is 32.2. The summed E-state index contributed by atoms with van der Waals surface area (Å²) in [6, 6.07) is 12.5. The molecule has 0 amide bonds. The summed E-state index contributed by atoms with van der Waals surface area (Å²) in [7, 11) is -2.30. The van der Waals surface area contributed by atoms with Crippen LogP contribution in [-0.2, 0) is 16.7 Å². The summed E-state index contributed by atoms with van der Waals surface area (Å²) < 4.78 is 40.5. The number of allylic oxidation sites excluding steroid dienone is 2. The largest absolute Gasteiger partial charge is 0.497 e. The van der Waals surface area contributed by atoms with Crippen LogP contribution in [0.3, 0.4) is 0 Å². The second-order valence-electron chi connectivity index (χ2n) is 8.44. The van der Waals surface area contributed by atoms with E-state index in [-0.39, 0.29) is 5.75 Å². The number of thiazole rings is 1. The molecule has 0 fully saturated rings. The molecule has 1 aromatic heterocycles. The van der Waals surface area contributed by atoms with Crippen molar-refractivity contribution in [3.05, 3.63) is 63.6 Å². The summed E-state index contributed by atoms with van der Waals surface area (Å²) in [6.07, 6.45) is 5.67. The van der Waals surface area contributed by atoms with E-state index in [1.54, 1.807) is 30.2 Å². The van der Waals surface area contributed by atoms with E-state index in [1.165, 1.54) is 15.5 Å². The van der Waals surface area contributed by atoms with Gasteiger partial charge in [0.2, 0.25) is 5.52 Å². The Morgan fingerprint density at radius 2 is 2.00 bits per heavy atom. The van der Waals surface area contributed by atoms with Crippen LogP contribution < -0.4 is 14.2 Å². The second-order valence-corrected chi connectivity index (χ2v) is 12.1. The number of nitrogens with zero attached hydrogens (tertiary/aromatic N) is 2. The van der Waals surface area contributed by atoms with Gasteiger partial charge in [0.05, 0.1) is 23.6 Å². The molecular formula is C26H31N2O4S3+. The first kappa shape index (κ1) is 25.8. The highest BCUT2D eigenvalue weighted by molar-refractivity contribution is 8.03. The standard InChI is InChI=1S/C26H30N2O4S3/c1-5-19(15-25-27(6-2)22-17-20(32-4)9-11-24(22)33-25)16-26-28(12-7-13-35(29,30)31)21-14-18(3)8-10-23(21)34-26/h8-11,14-17H,5-7,12-13H2,1-4H3/p+1. The summed E-state index contributed by atoms with van der Waals surface area (Å²) >= 11 is 3.46. The first-order valence-electron chi connectivity index (χ1n) is 11.7. The molecule has 2 aromatic carbocycles. The lowest BCUT2D eigenvalue weighted by atomic mass is 10.2. The molecule has 0 aliphatic carbocycles. The van der Waals surface area contributed by atoms with Crippen LogP contribution in [0, 0.1) is 6.92 Å². The smallest absolute Gasteiger partial charge is 0.265 e. The number of fused-ring (bicyclic) bond motifs is 2. The molecule has 9 heteroatoms. The monoisotopic (exact) mass is 531 g/mol. The van der Waals surface area contributed by atoms with E-state index < -0.39 is 10.1 Å². The van der Waals surface area contributed by atoms with Gasteiger partial charge in [0, 0.05) is 36.1 Å². The van der Waals surface area contributed by atoms with Gasteiger partial charge >= 0.3 is 0 Å². The van der Waals surface area contributed by atoms with Crippen LogP contribution in [0.2, 0.25) is 0 Å². The molecule has 1 aliphatic rings. The average Bonchev–Trinajstić information content (AvgIpc) is 3.33. The lowest BCUT2D eigenvalue weighted by Gasteiger charge is -2.18. The number of aryl methyl sites for hydroxylation is 2. The van der Waals surface area contributed by atoms with Crippen molar-refractivity contribution in [3.8, 4) is 5.75 Å². The maximum atomic E-state index is 11.3. The van der Waals surface area contributed by atoms with E-state index in [9.17, 15) is 13.0 Å². The van der Waals surface area contributed by atoms with Crippen LogP contribution >= 0.6 is 23.1 Å². The van der Waals surface area contributed by atoms with E-state index in [1.807, 2.05) is 6.07 Å². The number of anilines is 1. The highest BCUT2D eigenvalue weighted by Crippen LogP contribution is 2.47. The first-order chi connectivity index (χ1) is 16.7. The zero-order chi connectivity index (χ0) is 25.2. The minimum absolute atomic E-state index is 0.249. The Morgan fingerprint density at radius 3 is 2.69 bits per heavy atom. The van der Waals surface area contributed by atoms with Crippen molar-refractivity contribution >= 4 is 55.2 Å². The molecule has 2 heterocycles. The Balaban J connectivity index is 1.71. The predicted octanol–water partition coefficient (Wildman–Crippen LogP) is 6.05. The molecule has 0 radical (unpaired) electrons. The summed E-state index contributed by atoms with van der Waals surface area (Å²) in [5.74, 6) is 0.600. The third-order valence-corrected chi connectivity index (χ3v) is 8.98. The molecule has 3 aromatic rings. The number of rotatable bonds is 9. The Bertz CT molecular complexity index is 1410. The molecule has 0 unspecified atom stereocenters. The van der Waals surface area contributed by atoms with Crippen molar-refractivity contribution in [1.82, 2.24) is 0 Å². The van der Waals surface area contributed by atoms with Gasteiger partial charge in [-0.2, -0.15) is 13.0 Å². The van der Waals surface area contributed by atoms with Gasteiger partial charge in [-0.15, -0.1) is 0 Å². The lowest BCUT2D eigenvalue weighted by molar-refractivity contribution is -0.668. The second kappa shape index (κ2) is 10.7. The molecule has 4 rings (SSSR count). The molecule has 1 N–H and O–H groups in total. The Hall–Kier alpha value is -2.33. The van der Waals surface area contributed by atoms with Crippen molar-refractivity contribution < 1.29 is 22.3 Å². The van der Waals surface area contributed by atoms with Crippen molar-refractivity contribution in [2.24, 2.45) is 0 Å². The summed E-state index contributed by atoms with van der Waals surface area (Å²) in [4.78, 5) is 3.52. The summed E-state index contributed by atoms with van der Waals surface area (Å²) in [6.45, 7) is 7.72. The van der Waals surface area contributed by atoms with Gasteiger partial charge in [0.25, 0.3) is 15.1 Å². The van der Waals surface area contributed by atoms with Gasteiger partial charge in [0.1, 0.15) is 10.4 Å². The van der Waals surface area contributed by atoms with Gasteiger partial charge in [-0.1, -0.05) is 36.1 Å². The summed E-state index contributed by atoms with van der Waals surface area (Å²) in [5, 5.41) is 2.25. The lowest BCUT2D eigenvalue weighted by Crippen LogP contribution is -2.36. The SMILES string of the molecule is CCC(=C/c1sc2ccc(C)cc2[n+]1CCCS(=O)(=O)O)/C=C1/Sc2ccc(OC)cc2N1CC. The van der Waals surface area contributed by atoms with Crippen LogP contribution in [0.5, 0.6) is 5.75 Å². The molecule has 0 bridgehead atoms. The molecule has 0 atom stereocenters. The van der Waals surface area contributed by atoms with Crippen LogP contribution in [0.1, 0.15) is 37.3 Å². The molecule has 6 nitrogen and oxygen atoms in total. The number of benzene rings is 2. The molecule has 0 saturated heterocycles. The number of aromatic nitrogens is 1. The maximum Gasteiger partial charge on any atom is 0.265 e. The zero-order valence-electron chi connectivity index (χ0n) is 20.4. The minimum atomic E-state index is -3.99. The van der Waals surface area contributed by atoms with Crippen molar-refractivity contribution in [1.29, 1.82) is 0 Å². The third kappa shape index (κ3) is 5.91.